The summed E-state index contributed by atoms with van der Waals surface area (Å²) in [7, 11) is 0. The molecule has 0 unspecified atom stereocenters. The molecule has 0 spiro atoms. The minimum Gasteiger partial charge on any atom is -0.480 e. The number of aromatic nitrogens is 1. The molecule has 1 amide bonds. The van der Waals surface area contributed by atoms with E-state index in [1.807, 2.05) is 36.4 Å². The average molecular weight is 471 g/mol. The highest BCUT2D eigenvalue weighted by Crippen LogP contribution is 2.24. The third kappa shape index (κ3) is 4.35. The number of hydrogen-bond donors (Lipinski definition) is 2. The Morgan fingerprint density at radius 3 is 2.56 bits per heavy atom. The van der Waals surface area contributed by atoms with Gasteiger partial charge in [-0.2, -0.15) is 5.26 Å². The van der Waals surface area contributed by atoms with Crippen LogP contribution >= 0.6 is 22.6 Å². The van der Waals surface area contributed by atoms with Gasteiger partial charge in [-0.1, -0.05) is 18.2 Å². The van der Waals surface area contributed by atoms with E-state index in [0.717, 1.165) is 14.5 Å². The Bertz CT molecular complexity index is 1090. The molecule has 3 rings (SSSR count). The van der Waals surface area contributed by atoms with Gasteiger partial charge in [-0.3, -0.25) is 9.59 Å². The Hall–Kier alpha value is -3.12. The van der Waals surface area contributed by atoms with Crippen LogP contribution in [-0.4, -0.2) is 21.6 Å². The molecular weight excluding hydrogens is 457 g/mol. The van der Waals surface area contributed by atoms with Crippen molar-refractivity contribution in [2.75, 3.05) is 5.32 Å². The summed E-state index contributed by atoms with van der Waals surface area (Å²) in [5.74, 6) is -1.49. The van der Waals surface area contributed by atoms with E-state index < -0.39 is 11.9 Å². The summed E-state index contributed by atoms with van der Waals surface area (Å²) < 4.78 is 2.61. The molecule has 0 bridgehead atoms. The number of hydrogen-bond acceptors (Lipinski definition) is 3. The summed E-state index contributed by atoms with van der Waals surface area (Å²) in [6, 6.07) is 16.4. The lowest BCUT2D eigenvalue weighted by atomic mass is 10.1. The van der Waals surface area contributed by atoms with Crippen LogP contribution in [0, 0.1) is 14.9 Å². The molecule has 0 fully saturated rings. The Kier molecular flexibility index (Phi) is 5.57. The van der Waals surface area contributed by atoms with Crippen molar-refractivity contribution < 1.29 is 14.7 Å². The maximum atomic E-state index is 12.4. The van der Waals surface area contributed by atoms with E-state index in [-0.39, 0.29) is 12.1 Å². The molecular formula is C20H14IN3O3. The molecule has 2 aromatic carbocycles. The second kappa shape index (κ2) is 8.05. The highest BCUT2D eigenvalue weighted by molar-refractivity contribution is 14.1. The van der Waals surface area contributed by atoms with Crippen LogP contribution in [0.1, 0.15) is 5.56 Å². The number of para-hydroxylation sites is 1. The van der Waals surface area contributed by atoms with E-state index in [1.165, 1.54) is 6.08 Å². The fraction of sp³-hybridized carbons (Fsp3) is 0.0500. The monoisotopic (exact) mass is 471 g/mol. The minimum absolute atomic E-state index is 0.0632. The molecule has 1 heterocycles. The number of aliphatic carboxylic acids is 1. The number of fused-ring (bicyclic) bond motifs is 1. The number of nitriles is 1. The zero-order chi connectivity index (χ0) is 19.4. The van der Waals surface area contributed by atoms with Gasteiger partial charge in [0.2, 0.25) is 0 Å². The van der Waals surface area contributed by atoms with Crippen molar-refractivity contribution in [1.82, 2.24) is 4.57 Å². The van der Waals surface area contributed by atoms with Crippen LogP contribution in [0.5, 0.6) is 0 Å². The van der Waals surface area contributed by atoms with Crippen LogP contribution in [0.15, 0.2) is 60.3 Å². The van der Waals surface area contributed by atoms with Gasteiger partial charge < -0.3 is 15.0 Å². The Morgan fingerprint density at radius 2 is 1.89 bits per heavy atom. The summed E-state index contributed by atoms with van der Waals surface area (Å²) in [6.07, 6.45) is 3.11. The maximum absolute atomic E-state index is 12.4. The summed E-state index contributed by atoms with van der Waals surface area (Å²) in [5.41, 5.74) is 1.87. The molecule has 0 saturated carbocycles. The van der Waals surface area contributed by atoms with Crippen LogP contribution < -0.4 is 5.32 Å². The van der Waals surface area contributed by atoms with Crippen molar-refractivity contribution in [3.8, 4) is 6.07 Å². The van der Waals surface area contributed by atoms with E-state index in [2.05, 4.69) is 27.9 Å². The fourth-order valence-corrected chi connectivity index (χ4v) is 3.06. The lowest BCUT2D eigenvalue weighted by molar-refractivity contribution is -0.137. The predicted molar refractivity (Wildman–Crippen MR) is 111 cm³/mol. The molecule has 0 aliphatic rings. The number of amides is 1. The Balaban J connectivity index is 1.95. The van der Waals surface area contributed by atoms with Crippen molar-refractivity contribution in [2.24, 2.45) is 0 Å². The summed E-state index contributed by atoms with van der Waals surface area (Å²) >= 11 is 2.16. The van der Waals surface area contributed by atoms with E-state index in [4.69, 9.17) is 5.11 Å². The smallest absolute Gasteiger partial charge is 0.323 e. The van der Waals surface area contributed by atoms with Crippen LogP contribution in [0.4, 0.5) is 5.69 Å². The Labute approximate surface area is 168 Å². The topological polar surface area (TPSA) is 95.1 Å². The molecule has 134 valence electrons. The van der Waals surface area contributed by atoms with Gasteiger partial charge in [0, 0.05) is 31.9 Å². The standard InChI is InChI=1S/C20H14IN3O3/c21-15-5-7-16(8-6-15)23-20(27)13(10-22)9-14-11-24(12-19(25)26)18-4-2-1-3-17(14)18/h1-9,11H,12H2,(H,23,27)(H,25,26). The molecule has 1 aromatic heterocycles. The first-order chi connectivity index (χ1) is 13.0. The first-order valence-electron chi connectivity index (χ1n) is 7.96. The first kappa shape index (κ1) is 18.7. The zero-order valence-electron chi connectivity index (χ0n) is 14.0. The van der Waals surface area contributed by atoms with Gasteiger partial charge >= 0.3 is 5.97 Å². The third-order valence-electron chi connectivity index (χ3n) is 3.89. The number of carbonyl (C=O) groups is 2. The lowest BCUT2D eigenvalue weighted by Crippen LogP contribution is -2.13. The molecule has 7 heteroatoms. The molecule has 2 N–H and O–H groups in total. The van der Waals surface area contributed by atoms with Crippen LogP contribution in [0.3, 0.4) is 0 Å². The van der Waals surface area contributed by atoms with Gasteiger partial charge in [-0.05, 0) is 59.0 Å². The van der Waals surface area contributed by atoms with E-state index in [0.29, 0.717) is 11.3 Å². The number of benzene rings is 2. The van der Waals surface area contributed by atoms with Gasteiger partial charge in [0.1, 0.15) is 18.2 Å². The van der Waals surface area contributed by atoms with Crippen molar-refractivity contribution >= 4 is 57.1 Å². The van der Waals surface area contributed by atoms with E-state index in [1.54, 1.807) is 29.0 Å². The van der Waals surface area contributed by atoms with Crippen molar-refractivity contribution in [3.63, 3.8) is 0 Å². The largest absolute Gasteiger partial charge is 0.480 e. The van der Waals surface area contributed by atoms with Crippen molar-refractivity contribution in [3.05, 3.63) is 69.4 Å². The highest BCUT2D eigenvalue weighted by Gasteiger charge is 2.13. The van der Waals surface area contributed by atoms with Crippen LogP contribution in [0.2, 0.25) is 0 Å². The van der Waals surface area contributed by atoms with Gasteiger partial charge in [0.15, 0.2) is 0 Å². The van der Waals surface area contributed by atoms with Gasteiger partial charge in [-0.25, -0.2) is 0 Å². The van der Waals surface area contributed by atoms with Gasteiger partial charge in [0.25, 0.3) is 5.91 Å². The maximum Gasteiger partial charge on any atom is 0.323 e. The molecule has 6 nitrogen and oxygen atoms in total. The molecule has 27 heavy (non-hydrogen) atoms. The predicted octanol–water partition coefficient (Wildman–Crippen LogP) is 3.88. The van der Waals surface area contributed by atoms with Gasteiger partial charge in [0.05, 0.1) is 0 Å². The fourth-order valence-electron chi connectivity index (χ4n) is 2.70. The number of halogens is 1. The van der Waals surface area contributed by atoms with Crippen LogP contribution in [-0.2, 0) is 16.1 Å². The number of nitrogens with zero attached hydrogens (tertiary/aromatic N) is 2. The first-order valence-corrected chi connectivity index (χ1v) is 9.04. The second-order valence-corrected chi connectivity index (χ2v) is 7.00. The number of carboxylic acids is 1. The van der Waals surface area contributed by atoms with E-state index >= 15 is 0 Å². The normalized spacial score (nSPS) is 11.2. The van der Waals surface area contributed by atoms with Crippen LogP contribution in [0.25, 0.3) is 17.0 Å². The van der Waals surface area contributed by atoms with Crippen molar-refractivity contribution in [2.45, 2.75) is 6.54 Å². The summed E-state index contributed by atoms with van der Waals surface area (Å²) in [4.78, 5) is 23.5. The number of rotatable bonds is 5. The minimum atomic E-state index is -0.969. The van der Waals surface area contributed by atoms with Crippen molar-refractivity contribution in [1.29, 1.82) is 5.26 Å². The summed E-state index contributed by atoms with van der Waals surface area (Å²) in [6.45, 7) is -0.203. The number of anilines is 1. The number of nitrogens with one attached hydrogen (secondary N) is 1. The summed E-state index contributed by atoms with van der Waals surface area (Å²) in [5, 5.41) is 22.0. The molecule has 0 aliphatic carbocycles. The molecule has 0 radical (unpaired) electrons. The quantitative estimate of drug-likeness (QED) is 0.336. The Morgan fingerprint density at radius 1 is 1.19 bits per heavy atom. The average Bonchev–Trinajstić information content (AvgIpc) is 2.98. The lowest BCUT2D eigenvalue weighted by Gasteiger charge is -2.04. The zero-order valence-corrected chi connectivity index (χ0v) is 16.2. The second-order valence-electron chi connectivity index (χ2n) is 5.75. The van der Waals surface area contributed by atoms with E-state index in [9.17, 15) is 14.9 Å². The molecule has 0 atom stereocenters. The van der Waals surface area contributed by atoms with Gasteiger partial charge in [-0.15, -0.1) is 0 Å². The molecule has 3 aromatic rings. The SMILES string of the molecule is N#CC(=Cc1cn(CC(=O)O)c2ccccc12)C(=O)Nc1ccc(I)cc1. The highest BCUT2D eigenvalue weighted by atomic mass is 127. The molecule has 0 saturated heterocycles. The molecule has 0 aliphatic heterocycles. The number of carboxylic acid groups (broad SMARTS) is 1. The number of carbonyl (C=O) groups excluding carboxylic acids is 1. The third-order valence-corrected chi connectivity index (χ3v) is 4.61.